The average molecular weight is 595 g/mol. The normalized spacial score (nSPS) is 45.5. The summed E-state index contributed by atoms with van der Waals surface area (Å²) < 4.78 is 26.4. The van der Waals surface area contributed by atoms with Gasteiger partial charge in [-0.2, -0.15) is 0 Å². The van der Waals surface area contributed by atoms with Crippen molar-refractivity contribution < 1.29 is 107 Å². The van der Waals surface area contributed by atoms with Gasteiger partial charge in [0, 0.05) is 0 Å². The van der Waals surface area contributed by atoms with E-state index >= 15 is 0 Å². The number of ether oxygens (including phenoxy) is 5. The molecule has 0 saturated carbocycles. The van der Waals surface area contributed by atoms with Crippen LogP contribution in [-0.4, -0.2) is 195 Å². The number of aliphatic hydroxyl groups excluding tert-OH is 11. The van der Waals surface area contributed by atoms with E-state index in [1.807, 2.05) is 0 Å². The molecule has 0 spiro atoms. The van der Waals surface area contributed by atoms with E-state index in [1.54, 1.807) is 0 Å². The molecule has 3 saturated heterocycles. The van der Waals surface area contributed by atoms with Gasteiger partial charge in [-0.3, -0.25) is 0 Å². The molecule has 3 rings (SSSR count). The van der Waals surface area contributed by atoms with E-state index in [-0.39, 0.29) is 27.4 Å². The van der Waals surface area contributed by atoms with E-state index in [2.05, 4.69) is 0 Å². The van der Waals surface area contributed by atoms with Crippen LogP contribution < -0.4 is 0 Å². The Morgan fingerprint density at radius 2 is 1.00 bits per heavy atom. The van der Waals surface area contributed by atoms with Crippen molar-refractivity contribution >= 4 is 0 Å². The highest BCUT2D eigenvalue weighted by atomic mass is 16.8. The van der Waals surface area contributed by atoms with Crippen molar-refractivity contribution in [3.05, 3.63) is 0 Å². The summed E-state index contributed by atoms with van der Waals surface area (Å²) in [6, 6.07) is 0. The first kappa shape index (κ1) is 42.6. The summed E-state index contributed by atoms with van der Waals surface area (Å²) in [5, 5.41) is 109. The van der Waals surface area contributed by atoms with Gasteiger partial charge in [0.25, 0.3) is 0 Å². The molecule has 3 aliphatic heterocycles. The van der Waals surface area contributed by atoms with Crippen molar-refractivity contribution in [3.8, 4) is 0 Å². The SMILES string of the molecule is O.O.O.O.O.OC[C@H]1O[C@H](OC[C@H]2O[C@H](O[C@]3(CO)O[C@H](CO)[C@@H](O)[C@@H]3O)[C@H](O)[C@@H](O)[C@@H]2O)[C@H](O)[C@@H](O)[C@H]1O. The van der Waals surface area contributed by atoms with Gasteiger partial charge in [0.05, 0.1) is 19.8 Å². The standard InChI is InChI=1S/C18H32O16.5H2O/c19-1-5-8(22)11(25)13(27)16(31-5)30-3-7-9(23)12(26)14(28)17(32-7)34-18(4-21)15(29)10(24)6(2-20)33-18;;;;;/h5-17,19-29H,1-4H2;5*1H2/t5-,6-,7-,8+,9-,10-,11+,12+,13-,14-,15+,16+,17-,18+;;;;;/m1...../s1. The summed E-state index contributed by atoms with van der Waals surface area (Å²) in [5.74, 6) is -2.36. The Morgan fingerprint density at radius 1 is 0.538 bits per heavy atom. The molecule has 0 aliphatic carbocycles. The first-order valence-corrected chi connectivity index (χ1v) is 10.6. The summed E-state index contributed by atoms with van der Waals surface area (Å²) in [7, 11) is 0. The molecule has 3 heterocycles. The summed E-state index contributed by atoms with van der Waals surface area (Å²) >= 11 is 0. The molecule has 0 bridgehead atoms. The van der Waals surface area contributed by atoms with E-state index < -0.39 is 112 Å². The molecule has 21 heteroatoms. The minimum Gasteiger partial charge on any atom is -0.412 e. The maximum Gasteiger partial charge on any atom is 0.224 e. The Bertz CT molecular complexity index is 658. The highest BCUT2D eigenvalue weighted by Crippen LogP contribution is 2.36. The van der Waals surface area contributed by atoms with Gasteiger partial charge in [0.1, 0.15) is 73.8 Å². The molecule has 0 amide bonds. The van der Waals surface area contributed by atoms with E-state index in [0.717, 1.165) is 0 Å². The van der Waals surface area contributed by atoms with Crippen molar-refractivity contribution in [1.29, 1.82) is 0 Å². The van der Waals surface area contributed by atoms with Crippen molar-refractivity contribution in [1.82, 2.24) is 0 Å². The van der Waals surface area contributed by atoms with Gasteiger partial charge in [-0.25, -0.2) is 0 Å². The number of hydrogen-bond acceptors (Lipinski definition) is 16. The summed E-state index contributed by atoms with van der Waals surface area (Å²) in [5.41, 5.74) is 0. The van der Waals surface area contributed by atoms with Crippen LogP contribution in [0, 0.1) is 0 Å². The van der Waals surface area contributed by atoms with Crippen LogP contribution in [0.5, 0.6) is 0 Å². The molecule has 21 N–H and O–H groups in total. The third-order valence-corrected chi connectivity index (χ3v) is 6.16. The summed E-state index contributed by atoms with van der Waals surface area (Å²) in [6.07, 6.45) is -21.8. The van der Waals surface area contributed by atoms with Gasteiger partial charge in [0.15, 0.2) is 12.6 Å². The lowest BCUT2D eigenvalue weighted by Gasteiger charge is -2.44. The zero-order valence-corrected chi connectivity index (χ0v) is 20.3. The van der Waals surface area contributed by atoms with Crippen LogP contribution in [-0.2, 0) is 23.7 Å². The largest absolute Gasteiger partial charge is 0.412 e. The van der Waals surface area contributed by atoms with Gasteiger partial charge in [-0.05, 0) is 0 Å². The van der Waals surface area contributed by atoms with Crippen LogP contribution in [0.2, 0.25) is 0 Å². The fourth-order valence-electron chi connectivity index (χ4n) is 4.01. The van der Waals surface area contributed by atoms with Gasteiger partial charge >= 0.3 is 0 Å². The van der Waals surface area contributed by atoms with Crippen molar-refractivity contribution in [2.75, 3.05) is 26.4 Å². The lowest BCUT2D eigenvalue weighted by atomic mass is 9.98. The predicted molar refractivity (Wildman–Crippen MR) is 119 cm³/mol. The lowest BCUT2D eigenvalue weighted by Crippen LogP contribution is -2.63. The average Bonchev–Trinajstić information content (AvgIpc) is 3.08. The molecule has 0 aromatic rings. The fraction of sp³-hybridized carbons (Fsp3) is 1.00. The quantitative estimate of drug-likeness (QED) is 0.124. The molecule has 39 heavy (non-hydrogen) atoms. The Balaban J connectivity index is -0.00000259. The van der Waals surface area contributed by atoms with Crippen LogP contribution in [0.3, 0.4) is 0 Å². The van der Waals surface area contributed by atoms with E-state index in [0.29, 0.717) is 0 Å². The molecular formula is C18H42O21. The first-order valence-electron chi connectivity index (χ1n) is 10.6. The second kappa shape index (κ2) is 17.2. The Kier molecular flexibility index (Phi) is 18.8. The number of hydrogen-bond donors (Lipinski definition) is 11. The molecule has 3 fully saturated rings. The fourth-order valence-corrected chi connectivity index (χ4v) is 4.01. The minimum atomic E-state index is -2.36. The van der Waals surface area contributed by atoms with Crippen LogP contribution in [0.15, 0.2) is 0 Å². The Morgan fingerprint density at radius 3 is 1.46 bits per heavy atom. The third kappa shape index (κ3) is 8.13. The molecule has 3 aliphatic rings. The summed E-state index contributed by atoms with van der Waals surface area (Å²) in [6.45, 7) is -3.14. The van der Waals surface area contributed by atoms with E-state index in [1.165, 1.54) is 0 Å². The summed E-state index contributed by atoms with van der Waals surface area (Å²) in [4.78, 5) is 0. The van der Waals surface area contributed by atoms with Crippen molar-refractivity contribution in [2.45, 2.75) is 85.5 Å². The molecule has 0 unspecified atom stereocenters. The third-order valence-electron chi connectivity index (χ3n) is 6.16. The van der Waals surface area contributed by atoms with Crippen molar-refractivity contribution in [3.63, 3.8) is 0 Å². The molecule has 14 atom stereocenters. The Labute approximate surface area is 220 Å². The Hall–Kier alpha value is -0.840. The molecular weight excluding hydrogens is 552 g/mol. The molecule has 0 aromatic heterocycles. The maximum atomic E-state index is 10.3. The van der Waals surface area contributed by atoms with Crippen LogP contribution in [0.4, 0.5) is 0 Å². The van der Waals surface area contributed by atoms with E-state index in [4.69, 9.17) is 23.7 Å². The van der Waals surface area contributed by atoms with Crippen LogP contribution in [0.1, 0.15) is 0 Å². The number of aliphatic hydroxyl groups is 11. The second-order valence-corrected chi connectivity index (χ2v) is 8.41. The van der Waals surface area contributed by atoms with Gasteiger partial charge in [-0.1, -0.05) is 0 Å². The molecule has 0 aromatic carbocycles. The molecule has 240 valence electrons. The van der Waals surface area contributed by atoms with Crippen LogP contribution in [0.25, 0.3) is 0 Å². The minimum absolute atomic E-state index is 0. The highest BCUT2D eigenvalue weighted by Gasteiger charge is 2.58. The second-order valence-electron chi connectivity index (χ2n) is 8.41. The molecule has 21 nitrogen and oxygen atoms in total. The predicted octanol–water partition coefficient (Wildman–Crippen LogP) is -11.7. The van der Waals surface area contributed by atoms with Crippen LogP contribution >= 0.6 is 0 Å². The zero-order valence-electron chi connectivity index (χ0n) is 20.3. The topological polar surface area (TPSA) is 426 Å². The lowest BCUT2D eigenvalue weighted by molar-refractivity contribution is -0.388. The molecule has 0 radical (unpaired) electrons. The van der Waals surface area contributed by atoms with Gasteiger partial charge < -0.3 is 107 Å². The highest BCUT2D eigenvalue weighted by molar-refractivity contribution is 4.98. The van der Waals surface area contributed by atoms with Gasteiger partial charge in [-0.15, -0.1) is 0 Å². The van der Waals surface area contributed by atoms with E-state index in [9.17, 15) is 56.2 Å². The maximum absolute atomic E-state index is 10.3. The van der Waals surface area contributed by atoms with Gasteiger partial charge in [0.2, 0.25) is 5.79 Å². The number of rotatable bonds is 8. The smallest absolute Gasteiger partial charge is 0.224 e. The first-order chi connectivity index (χ1) is 16.0. The van der Waals surface area contributed by atoms with Crippen molar-refractivity contribution in [2.24, 2.45) is 0 Å². The monoisotopic (exact) mass is 594 g/mol. The zero-order chi connectivity index (χ0) is 25.4.